The summed E-state index contributed by atoms with van der Waals surface area (Å²) in [6.07, 6.45) is -4.67. The summed E-state index contributed by atoms with van der Waals surface area (Å²) in [5.41, 5.74) is 2.63. The summed E-state index contributed by atoms with van der Waals surface area (Å²) < 4.78 is 39.6. The normalized spacial score (nSPS) is 11.3. The van der Waals surface area contributed by atoms with Crippen LogP contribution in [0, 0.1) is 0 Å². The monoisotopic (exact) mass is 425 g/mol. The molecule has 0 saturated carbocycles. The van der Waals surface area contributed by atoms with Crippen molar-refractivity contribution >= 4 is 49.2 Å². The Morgan fingerprint density at radius 3 is 2.29 bits per heavy atom. The summed E-state index contributed by atoms with van der Waals surface area (Å²) in [5, 5.41) is 2.77. The van der Waals surface area contributed by atoms with Crippen LogP contribution in [-0.4, -0.2) is 9.97 Å². The van der Waals surface area contributed by atoms with Crippen molar-refractivity contribution in [1.29, 1.82) is 0 Å². The maximum atomic E-state index is 12.7. The third-order valence-corrected chi connectivity index (χ3v) is 3.47. The predicted octanol–water partition coefficient (Wildman–Crippen LogP) is 4.05. The number of rotatable bonds is 3. The lowest BCUT2D eigenvalue weighted by Gasteiger charge is -2.12. The van der Waals surface area contributed by atoms with Crippen LogP contribution in [0.2, 0.25) is 0 Å². The van der Waals surface area contributed by atoms with Crippen LogP contribution in [0.15, 0.2) is 33.2 Å². The average molecular weight is 427 g/mol. The summed E-state index contributed by atoms with van der Waals surface area (Å²) in [6.45, 7) is 0. The lowest BCUT2D eigenvalue weighted by molar-refractivity contribution is -0.144. The summed E-state index contributed by atoms with van der Waals surface area (Å²) >= 11 is 6.58. The number of hydrogen-bond donors (Lipinski definition) is 3. The van der Waals surface area contributed by atoms with Gasteiger partial charge in [-0.25, -0.2) is 15.8 Å². The number of hydrazine groups is 1. The third-order valence-electron chi connectivity index (χ3n) is 2.32. The van der Waals surface area contributed by atoms with Gasteiger partial charge in [0, 0.05) is 15.0 Å². The Labute approximate surface area is 134 Å². The highest BCUT2D eigenvalue weighted by molar-refractivity contribution is 9.11. The molecule has 21 heavy (non-hydrogen) atoms. The highest BCUT2D eigenvalue weighted by atomic mass is 79.9. The third kappa shape index (κ3) is 4.05. The number of nitrogens with one attached hydrogen (secondary N) is 2. The molecule has 1 aromatic carbocycles. The van der Waals surface area contributed by atoms with Crippen LogP contribution in [-0.2, 0) is 6.18 Å². The van der Waals surface area contributed by atoms with E-state index in [-0.39, 0.29) is 11.6 Å². The zero-order valence-electron chi connectivity index (χ0n) is 10.2. The molecule has 0 amide bonds. The lowest BCUT2D eigenvalue weighted by Crippen LogP contribution is -2.16. The number of nitrogens with zero attached hydrogens (tertiary/aromatic N) is 2. The Balaban J connectivity index is 2.39. The molecular weight excluding hydrogens is 419 g/mol. The molecule has 0 radical (unpaired) electrons. The fourth-order valence-corrected chi connectivity index (χ4v) is 2.59. The van der Waals surface area contributed by atoms with E-state index in [9.17, 15) is 13.2 Å². The van der Waals surface area contributed by atoms with Crippen LogP contribution in [0.25, 0.3) is 0 Å². The predicted molar refractivity (Wildman–Crippen MR) is 80.0 cm³/mol. The lowest BCUT2D eigenvalue weighted by atomic mass is 10.3. The number of aromatic nitrogens is 2. The van der Waals surface area contributed by atoms with Crippen LogP contribution >= 0.6 is 31.9 Å². The standard InChI is InChI=1S/C11H8Br2F3N5/c12-5-1-2-7(6(13)3-5)18-8-4-9(21-17)20-10(19-8)11(14,15)16/h1-4H,17H2,(H2,18,19,20,21). The van der Waals surface area contributed by atoms with Gasteiger partial charge in [-0.15, -0.1) is 0 Å². The first kappa shape index (κ1) is 16.0. The van der Waals surface area contributed by atoms with Crippen molar-refractivity contribution < 1.29 is 13.2 Å². The molecule has 2 rings (SSSR count). The molecule has 4 N–H and O–H groups in total. The van der Waals surface area contributed by atoms with E-state index in [2.05, 4.69) is 52.6 Å². The number of nitrogen functional groups attached to an aromatic ring is 1. The van der Waals surface area contributed by atoms with E-state index in [1.165, 1.54) is 6.07 Å². The number of anilines is 3. The van der Waals surface area contributed by atoms with Crippen LogP contribution in [0.4, 0.5) is 30.5 Å². The summed E-state index contributed by atoms with van der Waals surface area (Å²) in [5.74, 6) is 3.66. The zero-order valence-corrected chi connectivity index (χ0v) is 13.3. The van der Waals surface area contributed by atoms with Gasteiger partial charge in [0.05, 0.1) is 5.69 Å². The molecule has 1 aromatic heterocycles. The molecule has 2 aromatic rings. The number of halogens is 5. The fourth-order valence-electron chi connectivity index (χ4n) is 1.44. The fraction of sp³-hybridized carbons (Fsp3) is 0.0909. The van der Waals surface area contributed by atoms with Gasteiger partial charge in [-0.1, -0.05) is 15.9 Å². The van der Waals surface area contributed by atoms with Crippen LogP contribution in [0.5, 0.6) is 0 Å². The molecule has 0 bridgehead atoms. The van der Waals surface area contributed by atoms with Crippen molar-refractivity contribution in [2.24, 2.45) is 5.84 Å². The van der Waals surface area contributed by atoms with Crippen molar-refractivity contribution in [3.8, 4) is 0 Å². The quantitative estimate of drug-likeness (QED) is 0.510. The van der Waals surface area contributed by atoms with Crippen molar-refractivity contribution in [3.05, 3.63) is 39.0 Å². The molecule has 0 spiro atoms. The van der Waals surface area contributed by atoms with E-state index < -0.39 is 12.0 Å². The zero-order chi connectivity index (χ0) is 15.6. The maximum Gasteiger partial charge on any atom is 0.451 e. The molecule has 10 heteroatoms. The van der Waals surface area contributed by atoms with E-state index in [0.717, 1.165) is 4.47 Å². The summed E-state index contributed by atoms with van der Waals surface area (Å²) in [7, 11) is 0. The van der Waals surface area contributed by atoms with Crippen molar-refractivity contribution in [1.82, 2.24) is 9.97 Å². The van der Waals surface area contributed by atoms with Gasteiger partial charge in [0.1, 0.15) is 11.6 Å². The van der Waals surface area contributed by atoms with Crippen LogP contribution < -0.4 is 16.6 Å². The van der Waals surface area contributed by atoms with Gasteiger partial charge < -0.3 is 10.7 Å². The second-order valence-corrected chi connectivity index (χ2v) is 5.62. The van der Waals surface area contributed by atoms with Gasteiger partial charge in [0.25, 0.3) is 0 Å². The number of hydrogen-bond acceptors (Lipinski definition) is 5. The largest absolute Gasteiger partial charge is 0.451 e. The van der Waals surface area contributed by atoms with E-state index in [4.69, 9.17) is 5.84 Å². The second-order valence-electron chi connectivity index (χ2n) is 3.85. The minimum Gasteiger partial charge on any atom is -0.339 e. The maximum absolute atomic E-state index is 12.7. The summed E-state index contributed by atoms with van der Waals surface area (Å²) in [4.78, 5) is 6.71. The molecule has 0 atom stereocenters. The first-order valence-electron chi connectivity index (χ1n) is 5.44. The Bertz CT molecular complexity index is 663. The molecule has 0 fully saturated rings. The van der Waals surface area contributed by atoms with E-state index in [1.54, 1.807) is 18.2 Å². The van der Waals surface area contributed by atoms with Gasteiger partial charge in [-0.3, -0.25) is 0 Å². The Kier molecular flexibility index (Phi) is 4.69. The second kappa shape index (κ2) is 6.16. The Hall–Kier alpha value is -1.39. The molecular formula is C11H8Br2F3N5. The van der Waals surface area contributed by atoms with Gasteiger partial charge in [-0.2, -0.15) is 13.2 Å². The molecule has 0 aliphatic carbocycles. The number of nitrogens with two attached hydrogens (primary N) is 1. The van der Waals surface area contributed by atoms with E-state index in [1.807, 2.05) is 0 Å². The number of benzene rings is 1. The SMILES string of the molecule is NNc1cc(Nc2ccc(Br)cc2Br)nc(C(F)(F)F)n1. The van der Waals surface area contributed by atoms with Gasteiger partial charge in [0.2, 0.25) is 5.82 Å². The smallest absolute Gasteiger partial charge is 0.339 e. The first-order valence-corrected chi connectivity index (χ1v) is 7.03. The minimum absolute atomic E-state index is 0.0340. The van der Waals surface area contributed by atoms with Crippen molar-refractivity contribution in [2.75, 3.05) is 10.7 Å². The highest BCUT2D eigenvalue weighted by Crippen LogP contribution is 2.31. The highest BCUT2D eigenvalue weighted by Gasteiger charge is 2.35. The topological polar surface area (TPSA) is 75.9 Å². The van der Waals surface area contributed by atoms with E-state index in [0.29, 0.717) is 10.2 Å². The Morgan fingerprint density at radius 2 is 1.71 bits per heavy atom. The first-order chi connectivity index (χ1) is 9.79. The van der Waals surface area contributed by atoms with Crippen LogP contribution in [0.1, 0.15) is 5.82 Å². The molecule has 1 heterocycles. The minimum atomic E-state index is -4.67. The number of alkyl halides is 3. The van der Waals surface area contributed by atoms with E-state index >= 15 is 0 Å². The summed E-state index contributed by atoms with van der Waals surface area (Å²) in [6, 6.07) is 6.43. The van der Waals surface area contributed by atoms with Gasteiger partial charge in [-0.05, 0) is 34.1 Å². The van der Waals surface area contributed by atoms with Crippen molar-refractivity contribution in [2.45, 2.75) is 6.18 Å². The molecule has 0 aliphatic heterocycles. The Morgan fingerprint density at radius 1 is 1.05 bits per heavy atom. The molecule has 0 unspecified atom stereocenters. The van der Waals surface area contributed by atoms with Crippen LogP contribution in [0.3, 0.4) is 0 Å². The molecule has 5 nitrogen and oxygen atoms in total. The van der Waals surface area contributed by atoms with Gasteiger partial charge >= 0.3 is 6.18 Å². The van der Waals surface area contributed by atoms with Crippen molar-refractivity contribution in [3.63, 3.8) is 0 Å². The molecule has 0 aliphatic rings. The van der Waals surface area contributed by atoms with Gasteiger partial charge in [0.15, 0.2) is 0 Å². The molecule has 0 saturated heterocycles. The molecule has 112 valence electrons. The average Bonchev–Trinajstić information content (AvgIpc) is 2.40.